The van der Waals surface area contributed by atoms with E-state index in [1.165, 1.54) is 0 Å². The van der Waals surface area contributed by atoms with Crippen molar-refractivity contribution in [1.82, 2.24) is 0 Å². The molecule has 0 fully saturated rings. The van der Waals surface area contributed by atoms with E-state index in [4.69, 9.17) is 23.7 Å². The molecule has 130 valence electrons. The Balaban J connectivity index is 3.05. The first-order valence-corrected chi connectivity index (χ1v) is 7.82. The highest BCUT2D eigenvalue weighted by Gasteiger charge is 2.01. The van der Waals surface area contributed by atoms with Gasteiger partial charge in [0.15, 0.2) is 0 Å². The van der Waals surface area contributed by atoms with Crippen LogP contribution in [-0.4, -0.2) is 65.4 Å². The average Bonchev–Trinajstić information content (AvgIpc) is 2.50. The van der Waals surface area contributed by atoms with Gasteiger partial charge in [0.2, 0.25) is 0 Å². The Kier molecular flexibility index (Phi) is 15.7. The van der Waals surface area contributed by atoms with Gasteiger partial charge in [-0.1, -0.05) is 19.9 Å². The summed E-state index contributed by atoms with van der Waals surface area (Å²) in [7, 11) is 0. The minimum atomic E-state index is -0.393. The Morgan fingerprint density at radius 1 is 0.773 bits per heavy atom. The van der Waals surface area contributed by atoms with Gasteiger partial charge < -0.3 is 23.7 Å². The number of unbranched alkanes of at least 4 members (excludes halogenated alkanes) is 1. The second kappa shape index (κ2) is 16.4. The molecule has 0 unspecified atom stereocenters. The van der Waals surface area contributed by atoms with Crippen LogP contribution in [0.3, 0.4) is 0 Å². The monoisotopic (exact) mass is 318 g/mol. The van der Waals surface area contributed by atoms with Crippen molar-refractivity contribution in [1.29, 1.82) is 0 Å². The van der Waals surface area contributed by atoms with E-state index in [0.717, 1.165) is 19.4 Å². The summed E-state index contributed by atoms with van der Waals surface area (Å²) < 4.78 is 26.2. The normalized spacial score (nSPS) is 10.6. The Morgan fingerprint density at radius 2 is 1.18 bits per heavy atom. The molecule has 0 N–H and O–H groups in total. The molecular weight excluding hydrogens is 288 g/mol. The first-order chi connectivity index (χ1) is 10.7. The highest BCUT2D eigenvalue weighted by Crippen LogP contribution is 1.91. The molecule has 0 aromatic heterocycles. The molecule has 0 saturated carbocycles. The van der Waals surface area contributed by atoms with Crippen molar-refractivity contribution >= 4 is 5.97 Å². The predicted octanol–water partition coefficient (Wildman–Crippen LogP) is 1.97. The maximum Gasteiger partial charge on any atom is 0.333 e. The SMILES string of the molecule is C=C(C)C(=O)OCCOCCOCCOCCOCCCC. The Bertz CT molecular complexity index is 280. The number of carbonyl (C=O) groups excluding carboxylic acids is 1. The van der Waals surface area contributed by atoms with Crippen LogP contribution in [0.4, 0.5) is 0 Å². The quantitative estimate of drug-likeness (QED) is 0.246. The van der Waals surface area contributed by atoms with Crippen molar-refractivity contribution in [2.45, 2.75) is 26.7 Å². The van der Waals surface area contributed by atoms with Gasteiger partial charge in [0.25, 0.3) is 0 Å². The topological polar surface area (TPSA) is 63.2 Å². The third kappa shape index (κ3) is 15.4. The maximum atomic E-state index is 11.1. The lowest BCUT2D eigenvalue weighted by molar-refractivity contribution is -0.140. The Hall–Kier alpha value is -0.950. The van der Waals surface area contributed by atoms with Crippen molar-refractivity contribution in [3.05, 3.63) is 12.2 Å². The fourth-order valence-electron chi connectivity index (χ4n) is 1.32. The molecule has 0 aromatic carbocycles. The molecule has 6 nitrogen and oxygen atoms in total. The van der Waals surface area contributed by atoms with Crippen LogP contribution in [0.15, 0.2) is 12.2 Å². The van der Waals surface area contributed by atoms with Gasteiger partial charge in [-0.3, -0.25) is 0 Å². The second-order valence-electron chi connectivity index (χ2n) is 4.72. The van der Waals surface area contributed by atoms with Crippen molar-refractivity contribution in [2.24, 2.45) is 0 Å². The van der Waals surface area contributed by atoms with Gasteiger partial charge >= 0.3 is 5.97 Å². The molecule has 0 heterocycles. The van der Waals surface area contributed by atoms with Crippen LogP contribution in [0.5, 0.6) is 0 Å². The smallest absolute Gasteiger partial charge is 0.333 e. The fourth-order valence-corrected chi connectivity index (χ4v) is 1.32. The molecule has 0 radical (unpaired) electrons. The fraction of sp³-hybridized carbons (Fsp3) is 0.812. The summed E-state index contributed by atoms with van der Waals surface area (Å²) in [5.74, 6) is -0.393. The Labute approximate surface area is 133 Å². The molecule has 0 aliphatic rings. The number of hydrogen-bond acceptors (Lipinski definition) is 6. The van der Waals surface area contributed by atoms with Gasteiger partial charge in [-0.15, -0.1) is 0 Å². The average molecular weight is 318 g/mol. The molecule has 0 bridgehead atoms. The van der Waals surface area contributed by atoms with Crippen LogP contribution in [0.25, 0.3) is 0 Å². The van der Waals surface area contributed by atoms with E-state index in [2.05, 4.69) is 13.5 Å². The van der Waals surface area contributed by atoms with E-state index in [1.807, 2.05) is 0 Å². The van der Waals surface area contributed by atoms with Crippen LogP contribution in [-0.2, 0) is 28.5 Å². The van der Waals surface area contributed by atoms with Gasteiger partial charge in [0.05, 0.1) is 46.2 Å². The summed E-state index contributed by atoms with van der Waals surface area (Å²) in [5.41, 5.74) is 0.388. The summed E-state index contributed by atoms with van der Waals surface area (Å²) in [6.45, 7) is 11.9. The number of hydrogen-bond donors (Lipinski definition) is 0. The van der Waals surface area contributed by atoms with Crippen molar-refractivity contribution in [3.63, 3.8) is 0 Å². The van der Waals surface area contributed by atoms with Gasteiger partial charge in [-0.25, -0.2) is 4.79 Å². The molecule has 0 aliphatic heterocycles. The summed E-state index contributed by atoms with van der Waals surface area (Å²) in [6, 6.07) is 0. The molecule has 0 atom stereocenters. The van der Waals surface area contributed by atoms with Crippen molar-refractivity contribution in [2.75, 3.05) is 59.5 Å². The second-order valence-corrected chi connectivity index (χ2v) is 4.72. The Morgan fingerprint density at radius 3 is 1.59 bits per heavy atom. The summed E-state index contributed by atoms with van der Waals surface area (Å²) in [4.78, 5) is 11.1. The summed E-state index contributed by atoms with van der Waals surface area (Å²) >= 11 is 0. The number of ether oxygens (including phenoxy) is 5. The van der Waals surface area contributed by atoms with Crippen LogP contribution >= 0.6 is 0 Å². The lowest BCUT2D eigenvalue weighted by Gasteiger charge is -2.07. The van der Waals surface area contributed by atoms with Gasteiger partial charge in [-0.2, -0.15) is 0 Å². The zero-order valence-electron chi connectivity index (χ0n) is 13.9. The van der Waals surface area contributed by atoms with E-state index in [-0.39, 0.29) is 6.61 Å². The van der Waals surface area contributed by atoms with Crippen molar-refractivity contribution < 1.29 is 28.5 Å². The molecule has 0 saturated heterocycles. The van der Waals surface area contributed by atoms with E-state index >= 15 is 0 Å². The lowest BCUT2D eigenvalue weighted by atomic mass is 10.4. The standard InChI is InChI=1S/C16H30O6/c1-4-5-6-18-7-8-19-9-10-20-11-12-21-13-14-22-16(17)15(2)3/h2,4-14H2,1,3H3. The van der Waals surface area contributed by atoms with Crippen molar-refractivity contribution in [3.8, 4) is 0 Å². The van der Waals surface area contributed by atoms with Gasteiger partial charge in [0, 0.05) is 12.2 Å². The van der Waals surface area contributed by atoms with E-state index in [0.29, 0.717) is 51.8 Å². The van der Waals surface area contributed by atoms with Crippen LogP contribution in [0.2, 0.25) is 0 Å². The van der Waals surface area contributed by atoms with Gasteiger partial charge in [0.1, 0.15) is 6.61 Å². The molecule has 0 amide bonds. The largest absolute Gasteiger partial charge is 0.460 e. The van der Waals surface area contributed by atoms with E-state index in [1.54, 1.807) is 6.92 Å². The highest BCUT2D eigenvalue weighted by atomic mass is 16.6. The lowest BCUT2D eigenvalue weighted by Crippen LogP contribution is -2.14. The third-order valence-electron chi connectivity index (χ3n) is 2.57. The first-order valence-electron chi connectivity index (χ1n) is 7.82. The third-order valence-corrected chi connectivity index (χ3v) is 2.57. The molecule has 6 heteroatoms. The predicted molar refractivity (Wildman–Crippen MR) is 84.0 cm³/mol. The number of esters is 1. The van der Waals surface area contributed by atoms with E-state index in [9.17, 15) is 4.79 Å². The molecule has 0 aromatic rings. The molecule has 22 heavy (non-hydrogen) atoms. The molecule has 0 rings (SSSR count). The molecular formula is C16H30O6. The highest BCUT2D eigenvalue weighted by molar-refractivity contribution is 5.86. The van der Waals surface area contributed by atoms with Crippen LogP contribution < -0.4 is 0 Å². The van der Waals surface area contributed by atoms with E-state index < -0.39 is 5.97 Å². The number of rotatable bonds is 16. The first kappa shape index (κ1) is 21.0. The summed E-state index contributed by atoms with van der Waals surface area (Å²) in [6.07, 6.45) is 2.24. The van der Waals surface area contributed by atoms with Gasteiger partial charge in [-0.05, 0) is 13.3 Å². The minimum absolute atomic E-state index is 0.229. The molecule has 0 aliphatic carbocycles. The van der Waals surface area contributed by atoms with Crippen LogP contribution in [0.1, 0.15) is 26.7 Å². The molecule has 0 spiro atoms. The zero-order chi connectivity index (χ0) is 16.5. The minimum Gasteiger partial charge on any atom is -0.460 e. The number of carbonyl (C=O) groups is 1. The van der Waals surface area contributed by atoms with Crippen LogP contribution in [0, 0.1) is 0 Å². The zero-order valence-corrected chi connectivity index (χ0v) is 13.9. The maximum absolute atomic E-state index is 11.1. The summed E-state index contributed by atoms with van der Waals surface area (Å²) in [5, 5.41) is 0.